The highest BCUT2D eigenvalue weighted by atomic mass is 16.4. The van der Waals surface area contributed by atoms with Crippen LogP contribution in [0, 0.1) is 0 Å². The normalized spacial score (nSPS) is 17.4. The van der Waals surface area contributed by atoms with E-state index in [1.807, 2.05) is 0 Å². The Morgan fingerprint density at radius 2 is 1.52 bits per heavy atom. The maximum atomic E-state index is 12.0. The van der Waals surface area contributed by atoms with Gasteiger partial charge >= 0.3 is 11.9 Å². The summed E-state index contributed by atoms with van der Waals surface area (Å²) in [5.74, 6) is -5.88. The van der Waals surface area contributed by atoms with Gasteiger partial charge in [-0.1, -0.05) is 18.2 Å². The van der Waals surface area contributed by atoms with Crippen molar-refractivity contribution < 1.29 is 50.1 Å². The third kappa shape index (κ3) is 4.39. The number of ketones is 1. The van der Waals surface area contributed by atoms with Crippen LogP contribution in [0.4, 0.5) is 0 Å². The first-order chi connectivity index (χ1) is 11.5. The van der Waals surface area contributed by atoms with Crippen LogP contribution in [0.25, 0.3) is 6.08 Å². The fourth-order valence-electron chi connectivity index (χ4n) is 1.83. The molecule has 0 heterocycles. The van der Waals surface area contributed by atoms with Crippen LogP contribution in [0.2, 0.25) is 0 Å². The number of phenolic OH excluding ortho intramolecular Hbond substituents is 1. The average molecular weight is 356 g/mol. The molecule has 0 amide bonds. The number of carboxylic acid groups (broad SMARTS) is 2. The smallest absolute Gasteiger partial charge is 0.346 e. The molecule has 0 unspecified atom stereocenters. The number of phenols is 1. The molecular weight excluding hydrogens is 340 g/mol. The van der Waals surface area contributed by atoms with E-state index in [1.54, 1.807) is 0 Å². The Bertz CT molecular complexity index is 680. The molecule has 136 valence electrons. The number of carbonyl (C=O) groups excluding carboxylic acids is 1. The van der Waals surface area contributed by atoms with Crippen LogP contribution in [0.3, 0.4) is 0 Å². The van der Waals surface area contributed by atoms with Crippen LogP contribution in [0.15, 0.2) is 30.3 Å². The van der Waals surface area contributed by atoms with Gasteiger partial charge in [0, 0.05) is 0 Å². The molecule has 0 fully saturated rings. The average Bonchev–Trinajstić information content (AvgIpc) is 2.57. The fraction of sp³-hybridized carbons (Fsp3) is 0.267. The van der Waals surface area contributed by atoms with E-state index in [9.17, 15) is 29.7 Å². The lowest BCUT2D eigenvalue weighted by molar-refractivity contribution is -0.194. The Morgan fingerprint density at radius 3 is 1.96 bits per heavy atom. The van der Waals surface area contributed by atoms with Crippen LogP contribution in [-0.2, 0) is 14.4 Å². The maximum absolute atomic E-state index is 12.0. The van der Waals surface area contributed by atoms with Crippen LogP contribution in [0.5, 0.6) is 5.75 Å². The lowest BCUT2D eigenvalue weighted by Gasteiger charge is -2.30. The van der Waals surface area contributed by atoms with Gasteiger partial charge in [-0.15, -0.1) is 0 Å². The van der Waals surface area contributed by atoms with Gasteiger partial charge in [-0.05, 0) is 23.8 Å². The fourth-order valence-corrected chi connectivity index (χ4v) is 1.83. The summed E-state index contributed by atoms with van der Waals surface area (Å²) in [5.41, 5.74) is -3.26. The summed E-state index contributed by atoms with van der Waals surface area (Å²) in [6.07, 6.45) is -6.46. The van der Waals surface area contributed by atoms with E-state index in [4.69, 9.17) is 20.4 Å². The Labute approximate surface area is 140 Å². The summed E-state index contributed by atoms with van der Waals surface area (Å²) in [6, 6.07) is 5.27. The Kier molecular flexibility index (Phi) is 6.36. The van der Waals surface area contributed by atoms with Gasteiger partial charge in [-0.25, -0.2) is 9.59 Å². The molecule has 1 aromatic carbocycles. The van der Waals surface area contributed by atoms with Crippen molar-refractivity contribution in [3.63, 3.8) is 0 Å². The SMILES string of the molecule is O=C(O)[C@@H](O)[C@@H](O)[C@H](O)[C@@](O)(C(=O)O)C(=O)/C=C/c1ccc(O)cc1. The van der Waals surface area contributed by atoms with Crippen molar-refractivity contribution in [2.45, 2.75) is 23.9 Å². The van der Waals surface area contributed by atoms with Crippen LogP contribution >= 0.6 is 0 Å². The predicted molar refractivity (Wildman–Crippen MR) is 80.4 cm³/mol. The van der Waals surface area contributed by atoms with Crippen molar-refractivity contribution >= 4 is 23.8 Å². The van der Waals surface area contributed by atoms with E-state index in [2.05, 4.69) is 0 Å². The van der Waals surface area contributed by atoms with Gasteiger partial charge in [-0.2, -0.15) is 0 Å². The summed E-state index contributed by atoms with van der Waals surface area (Å²) in [4.78, 5) is 33.8. The molecule has 25 heavy (non-hydrogen) atoms. The summed E-state index contributed by atoms with van der Waals surface area (Å²) < 4.78 is 0. The summed E-state index contributed by atoms with van der Waals surface area (Å²) in [6.45, 7) is 0. The zero-order chi connectivity index (χ0) is 19.4. The zero-order valence-electron chi connectivity index (χ0n) is 12.6. The Hall–Kier alpha value is -2.79. The number of aliphatic hydroxyl groups excluding tert-OH is 3. The number of carbonyl (C=O) groups is 3. The number of aromatic hydroxyl groups is 1. The molecule has 1 aromatic rings. The molecule has 0 aliphatic heterocycles. The van der Waals surface area contributed by atoms with Crippen molar-refractivity contribution in [1.29, 1.82) is 0 Å². The van der Waals surface area contributed by atoms with E-state index < -0.39 is 41.6 Å². The van der Waals surface area contributed by atoms with Gasteiger partial charge in [-0.3, -0.25) is 4.79 Å². The number of carboxylic acids is 2. The number of aliphatic carboxylic acids is 2. The molecule has 0 aromatic heterocycles. The molecule has 0 aliphatic carbocycles. The molecule has 0 saturated heterocycles. The second-order valence-electron chi connectivity index (χ2n) is 5.08. The number of rotatable bonds is 8. The number of hydrogen-bond acceptors (Lipinski definition) is 8. The topological polar surface area (TPSA) is 193 Å². The quantitative estimate of drug-likeness (QED) is 0.201. The van der Waals surface area contributed by atoms with Gasteiger partial charge in [0.05, 0.1) is 0 Å². The molecule has 1 rings (SSSR count). The lowest BCUT2D eigenvalue weighted by Crippen LogP contribution is -2.62. The minimum absolute atomic E-state index is 0.0632. The first-order valence-corrected chi connectivity index (χ1v) is 6.76. The summed E-state index contributed by atoms with van der Waals surface area (Å²) >= 11 is 0. The van der Waals surface area contributed by atoms with E-state index in [0.29, 0.717) is 11.6 Å². The first kappa shape index (κ1) is 20.3. The summed E-state index contributed by atoms with van der Waals surface area (Å²) in [7, 11) is 0. The minimum atomic E-state index is -3.59. The standard InChI is InChI=1S/C15H16O10/c16-8-4-1-7(2-5-8)3-6-9(17)15(25,14(23)24)12(20)10(18)11(19)13(21)22/h1-6,10-12,16,18-20,25H,(H,21,22)(H,23,24)/b6-3+/t10-,11+,12+,15-/m1/s1. The number of benzene rings is 1. The highest BCUT2D eigenvalue weighted by Gasteiger charge is 2.54. The Balaban J connectivity index is 3.10. The number of hydrogen-bond donors (Lipinski definition) is 7. The van der Waals surface area contributed by atoms with Crippen molar-refractivity contribution in [3.05, 3.63) is 35.9 Å². The molecule has 0 aliphatic rings. The second-order valence-corrected chi connectivity index (χ2v) is 5.08. The Morgan fingerprint density at radius 1 is 1.00 bits per heavy atom. The molecule has 0 spiro atoms. The monoisotopic (exact) mass is 356 g/mol. The van der Waals surface area contributed by atoms with E-state index in [0.717, 1.165) is 6.08 Å². The van der Waals surface area contributed by atoms with Crippen molar-refractivity contribution in [3.8, 4) is 5.75 Å². The maximum Gasteiger partial charge on any atom is 0.346 e. The van der Waals surface area contributed by atoms with Gasteiger partial charge in [0.15, 0.2) is 6.10 Å². The molecule has 10 nitrogen and oxygen atoms in total. The largest absolute Gasteiger partial charge is 0.508 e. The third-order valence-corrected chi connectivity index (χ3v) is 3.35. The molecule has 4 atom stereocenters. The third-order valence-electron chi connectivity index (χ3n) is 3.35. The van der Waals surface area contributed by atoms with Crippen LogP contribution < -0.4 is 0 Å². The van der Waals surface area contributed by atoms with E-state index >= 15 is 0 Å². The van der Waals surface area contributed by atoms with Crippen LogP contribution in [-0.4, -0.2) is 77.4 Å². The molecule has 0 bridgehead atoms. The van der Waals surface area contributed by atoms with E-state index in [1.165, 1.54) is 24.3 Å². The van der Waals surface area contributed by atoms with Gasteiger partial charge in [0.2, 0.25) is 5.78 Å². The van der Waals surface area contributed by atoms with Crippen LogP contribution in [0.1, 0.15) is 5.56 Å². The highest BCUT2D eigenvalue weighted by Crippen LogP contribution is 2.20. The second kappa shape index (κ2) is 7.85. The van der Waals surface area contributed by atoms with Crippen molar-refractivity contribution in [2.75, 3.05) is 0 Å². The summed E-state index contributed by atoms with van der Waals surface area (Å²) in [5, 5.41) is 65.1. The zero-order valence-corrected chi connectivity index (χ0v) is 12.6. The first-order valence-electron chi connectivity index (χ1n) is 6.76. The molecule has 0 saturated carbocycles. The molecule has 10 heteroatoms. The van der Waals surface area contributed by atoms with Crippen molar-refractivity contribution in [2.24, 2.45) is 0 Å². The van der Waals surface area contributed by atoms with Gasteiger partial charge in [0.25, 0.3) is 5.60 Å². The molecule has 7 N–H and O–H groups in total. The minimum Gasteiger partial charge on any atom is -0.508 e. The van der Waals surface area contributed by atoms with Crippen molar-refractivity contribution in [1.82, 2.24) is 0 Å². The molecular formula is C15H16O10. The predicted octanol–water partition coefficient (Wildman–Crippen LogP) is -2.04. The molecule has 0 radical (unpaired) electrons. The van der Waals surface area contributed by atoms with E-state index in [-0.39, 0.29) is 5.75 Å². The van der Waals surface area contributed by atoms with Gasteiger partial charge < -0.3 is 35.7 Å². The number of aliphatic hydroxyl groups is 4. The van der Waals surface area contributed by atoms with Gasteiger partial charge in [0.1, 0.15) is 18.0 Å². The lowest BCUT2D eigenvalue weighted by atomic mass is 9.86. The highest BCUT2D eigenvalue weighted by molar-refractivity contribution is 6.13.